The summed E-state index contributed by atoms with van der Waals surface area (Å²) in [5.74, 6) is 0.0860. The molecule has 3 nitrogen and oxygen atoms in total. The molecule has 62 valence electrons. The average molecular weight is 162 g/mol. The van der Waals surface area contributed by atoms with Gasteiger partial charge in [-0.05, 0) is 29.8 Å². The molecule has 2 aliphatic rings. The number of carbonyl (C=O) groups is 1. The number of allylic oxidation sites excluding steroid dienone is 3. The van der Waals surface area contributed by atoms with E-state index >= 15 is 0 Å². The van der Waals surface area contributed by atoms with Crippen molar-refractivity contribution in [2.75, 3.05) is 0 Å². The third-order valence-electron chi connectivity index (χ3n) is 2.12. The molecule has 0 unspecified atom stereocenters. The first-order chi connectivity index (χ1) is 5.79. The molecule has 0 saturated carbocycles. The molecule has 0 saturated heterocycles. The average Bonchev–Trinajstić information content (AvgIpc) is 2.43. The van der Waals surface area contributed by atoms with E-state index < -0.39 is 0 Å². The van der Waals surface area contributed by atoms with Crippen LogP contribution in [0.1, 0.15) is 12.8 Å². The molecular formula is C9H10N2O. The van der Waals surface area contributed by atoms with Gasteiger partial charge >= 0.3 is 0 Å². The maximum Gasteiger partial charge on any atom is 0.228 e. The molecule has 3 heteroatoms. The third-order valence-corrected chi connectivity index (χ3v) is 2.12. The zero-order chi connectivity index (χ0) is 8.55. The zero-order valence-electron chi connectivity index (χ0n) is 6.63. The summed E-state index contributed by atoms with van der Waals surface area (Å²) in [6.45, 7) is 0. The first kappa shape index (κ1) is 7.16. The molecule has 0 bridgehead atoms. The van der Waals surface area contributed by atoms with Crippen molar-refractivity contribution in [3.8, 4) is 0 Å². The Labute approximate surface area is 70.6 Å². The van der Waals surface area contributed by atoms with E-state index in [1.807, 2.05) is 12.2 Å². The second kappa shape index (κ2) is 2.52. The van der Waals surface area contributed by atoms with Crippen molar-refractivity contribution < 1.29 is 4.79 Å². The largest absolute Gasteiger partial charge is 0.404 e. The Hall–Kier alpha value is -1.51. The van der Waals surface area contributed by atoms with E-state index in [-0.39, 0.29) is 5.91 Å². The lowest BCUT2D eigenvalue weighted by molar-refractivity contribution is -0.118. The van der Waals surface area contributed by atoms with Gasteiger partial charge in [0.2, 0.25) is 5.91 Å². The molecule has 2 rings (SSSR count). The summed E-state index contributed by atoms with van der Waals surface area (Å²) in [6, 6.07) is 0. The van der Waals surface area contributed by atoms with Crippen molar-refractivity contribution in [2.45, 2.75) is 12.8 Å². The lowest BCUT2D eigenvalue weighted by atomic mass is 9.98. The van der Waals surface area contributed by atoms with Crippen LogP contribution < -0.4 is 11.1 Å². The van der Waals surface area contributed by atoms with Gasteiger partial charge in [0.05, 0.1) is 6.42 Å². The highest BCUT2D eigenvalue weighted by Crippen LogP contribution is 2.27. The van der Waals surface area contributed by atoms with E-state index in [2.05, 4.69) is 5.32 Å². The SMILES string of the molecule is NC=C1C=CC2=C(CC(=O)N2)C1. The smallest absolute Gasteiger partial charge is 0.228 e. The Kier molecular flexibility index (Phi) is 1.50. The highest BCUT2D eigenvalue weighted by atomic mass is 16.1. The maximum absolute atomic E-state index is 11.0. The fraction of sp³-hybridized carbons (Fsp3) is 0.222. The van der Waals surface area contributed by atoms with Crippen LogP contribution in [0.15, 0.2) is 35.2 Å². The second-order valence-electron chi connectivity index (χ2n) is 2.99. The highest BCUT2D eigenvalue weighted by Gasteiger charge is 2.21. The van der Waals surface area contributed by atoms with Crippen LogP contribution in [0.2, 0.25) is 0 Å². The third kappa shape index (κ3) is 1.03. The highest BCUT2D eigenvalue weighted by molar-refractivity contribution is 5.85. The van der Waals surface area contributed by atoms with E-state index in [0.717, 1.165) is 23.3 Å². The molecule has 1 amide bonds. The second-order valence-corrected chi connectivity index (χ2v) is 2.99. The lowest BCUT2D eigenvalue weighted by Gasteiger charge is -2.08. The summed E-state index contributed by atoms with van der Waals surface area (Å²) in [5.41, 5.74) is 8.57. The monoisotopic (exact) mass is 162 g/mol. The van der Waals surface area contributed by atoms with Crippen molar-refractivity contribution in [3.63, 3.8) is 0 Å². The van der Waals surface area contributed by atoms with Crippen LogP contribution in [0.5, 0.6) is 0 Å². The molecule has 0 fully saturated rings. The summed E-state index contributed by atoms with van der Waals surface area (Å²) >= 11 is 0. The van der Waals surface area contributed by atoms with E-state index in [1.165, 1.54) is 0 Å². The van der Waals surface area contributed by atoms with Crippen molar-refractivity contribution in [2.24, 2.45) is 5.73 Å². The summed E-state index contributed by atoms with van der Waals surface area (Å²) < 4.78 is 0. The van der Waals surface area contributed by atoms with Gasteiger partial charge in [0.15, 0.2) is 0 Å². The molecule has 0 spiro atoms. The van der Waals surface area contributed by atoms with Crippen molar-refractivity contribution in [1.82, 2.24) is 5.32 Å². The molecule has 1 aliphatic heterocycles. The summed E-state index contributed by atoms with van der Waals surface area (Å²) in [7, 11) is 0. The van der Waals surface area contributed by atoms with Gasteiger partial charge in [-0.25, -0.2) is 0 Å². The first-order valence-electron chi connectivity index (χ1n) is 3.90. The quantitative estimate of drug-likeness (QED) is 0.547. The van der Waals surface area contributed by atoms with Gasteiger partial charge in [0.1, 0.15) is 0 Å². The maximum atomic E-state index is 11.0. The molecule has 0 aromatic rings. The minimum atomic E-state index is 0.0860. The Balaban J connectivity index is 2.26. The molecule has 3 N–H and O–H groups in total. The number of nitrogens with two attached hydrogens (primary N) is 1. The van der Waals surface area contributed by atoms with Crippen LogP contribution in [0.25, 0.3) is 0 Å². The normalized spacial score (nSPS) is 24.7. The topological polar surface area (TPSA) is 55.1 Å². The van der Waals surface area contributed by atoms with Gasteiger partial charge in [-0.15, -0.1) is 0 Å². The number of hydrogen-bond donors (Lipinski definition) is 2. The van der Waals surface area contributed by atoms with Crippen LogP contribution in [-0.4, -0.2) is 5.91 Å². The Morgan fingerprint density at radius 2 is 2.25 bits per heavy atom. The van der Waals surface area contributed by atoms with E-state index in [0.29, 0.717) is 6.42 Å². The molecule has 12 heavy (non-hydrogen) atoms. The van der Waals surface area contributed by atoms with Crippen LogP contribution in [0, 0.1) is 0 Å². The van der Waals surface area contributed by atoms with E-state index in [9.17, 15) is 4.79 Å². The van der Waals surface area contributed by atoms with Crippen molar-refractivity contribution >= 4 is 5.91 Å². The Bertz CT molecular complexity index is 323. The van der Waals surface area contributed by atoms with Gasteiger partial charge in [-0.2, -0.15) is 0 Å². The first-order valence-corrected chi connectivity index (χ1v) is 3.90. The van der Waals surface area contributed by atoms with Crippen LogP contribution in [0.4, 0.5) is 0 Å². The van der Waals surface area contributed by atoms with Gasteiger partial charge in [0, 0.05) is 5.70 Å². The number of rotatable bonds is 0. The minimum absolute atomic E-state index is 0.0860. The summed E-state index contributed by atoms with van der Waals surface area (Å²) in [4.78, 5) is 11.0. The number of hydrogen-bond acceptors (Lipinski definition) is 2. The van der Waals surface area contributed by atoms with Gasteiger partial charge in [-0.3, -0.25) is 4.79 Å². The molecule has 0 aromatic heterocycles. The molecular weight excluding hydrogens is 152 g/mol. The Morgan fingerprint density at radius 3 is 3.00 bits per heavy atom. The van der Waals surface area contributed by atoms with Crippen molar-refractivity contribution in [1.29, 1.82) is 0 Å². The van der Waals surface area contributed by atoms with Crippen LogP contribution in [-0.2, 0) is 4.79 Å². The number of amides is 1. The molecule has 1 heterocycles. The summed E-state index contributed by atoms with van der Waals surface area (Å²) in [6.07, 6.45) is 6.76. The van der Waals surface area contributed by atoms with Gasteiger partial charge < -0.3 is 11.1 Å². The fourth-order valence-electron chi connectivity index (χ4n) is 1.50. The zero-order valence-corrected chi connectivity index (χ0v) is 6.63. The van der Waals surface area contributed by atoms with Gasteiger partial charge in [0.25, 0.3) is 0 Å². The Morgan fingerprint density at radius 1 is 1.42 bits per heavy atom. The molecule has 0 atom stereocenters. The molecule has 0 radical (unpaired) electrons. The predicted octanol–water partition coefficient (Wildman–Crippen LogP) is 0.563. The number of nitrogens with one attached hydrogen (secondary N) is 1. The lowest BCUT2D eigenvalue weighted by Crippen LogP contribution is -2.13. The predicted molar refractivity (Wildman–Crippen MR) is 45.8 cm³/mol. The number of carbonyl (C=O) groups excluding carboxylic acids is 1. The van der Waals surface area contributed by atoms with Crippen LogP contribution >= 0.6 is 0 Å². The van der Waals surface area contributed by atoms with Gasteiger partial charge in [-0.1, -0.05) is 6.08 Å². The van der Waals surface area contributed by atoms with E-state index in [4.69, 9.17) is 5.73 Å². The molecule has 0 aromatic carbocycles. The van der Waals surface area contributed by atoms with Crippen LogP contribution in [0.3, 0.4) is 0 Å². The summed E-state index contributed by atoms with van der Waals surface area (Å²) in [5, 5.41) is 2.79. The molecule has 1 aliphatic carbocycles. The van der Waals surface area contributed by atoms with E-state index in [1.54, 1.807) is 6.20 Å². The van der Waals surface area contributed by atoms with Crippen molar-refractivity contribution in [3.05, 3.63) is 35.2 Å². The standard InChI is InChI=1S/C9H10N2O/c10-5-6-1-2-8-7(3-6)4-9(12)11-8/h1-2,5H,3-4,10H2,(H,11,12). The fourth-order valence-corrected chi connectivity index (χ4v) is 1.50. The minimum Gasteiger partial charge on any atom is -0.404 e.